The van der Waals surface area contributed by atoms with E-state index in [1.807, 2.05) is 11.8 Å². The number of piperidine rings is 1. The van der Waals surface area contributed by atoms with Gasteiger partial charge in [0.15, 0.2) is 0 Å². The Morgan fingerprint density at radius 2 is 1.75 bits per heavy atom. The molecule has 0 aromatic heterocycles. The molecule has 0 radical (unpaired) electrons. The Balaban J connectivity index is 1.53. The standard InChI is InChI=1S/C27H41N3O2/c1-4-5-17-30-25(32)26(3,23-13-7-6-8-14-23)28-24(31)27(30)15-18-29(19-16-27)20-22-12-10-9-11-21(22)2/h9-12,23H,4-8,13-20H2,1-3H3,(H,28,31)/t26-/m0/s1. The summed E-state index contributed by atoms with van der Waals surface area (Å²) in [5.41, 5.74) is 1.24. The summed E-state index contributed by atoms with van der Waals surface area (Å²) in [7, 11) is 0. The summed E-state index contributed by atoms with van der Waals surface area (Å²) < 4.78 is 0. The molecule has 0 unspecified atom stereocenters. The van der Waals surface area contributed by atoms with Crippen molar-refractivity contribution in [3.05, 3.63) is 35.4 Å². The minimum atomic E-state index is -0.741. The third-order valence-electron chi connectivity index (χ3n) is 8.50. The quantitative estimate of drug-likeness (QED) is 0.714. The van der Waals surface area contributed by atoms with E-state index in [4.69, 9.17) is 0 Å². The number of unbranched alkanes of at least 4 members (excludes halogenated alkanes) is 1. The van der Waals surface area contributed by atoms with Crippen LogP contribution in [-0.4, -0.2) is 52.3 Å². The van der Waals surface area contributed by atoms with E-state index in [0.29, 0.717) is 6.54 Å². The fourth-order valence-electron chi connectivity index (χ4n) is 6.20. The Morgan fingerprint density at radius 1 is 1.06 bits per heavy atom. The number of carbonyl (C=O) groups excluding carboxylic acids is 2. The van der Waals surface area contributed by atoms with E-state index in [0.717, 1.165) is 71.0 Å². The summed E-state index contributed by atoms with van der Waals surface area (Å²) >= 11 is 0. The van der Waals surface area contributed by atoms with Crippen LogP contribution in [0.4, 0.5) is 0 Å². The average Bonchev–Trinajstić information content (AvgIpc) is 2.81. The lowest BCUT2D eigenvalue weighted by Crippen LogP contribution is -2.78. The van der Waals surface area contributed by atoms with Crippen molar-refractivity contribution in [2.75, 3.05) is 19.6 Å². The highest BCUT2D eigenvalue weighted by atomic mass is 16.2. The Kier molecular flexibility index (Phi) is 6.94. The molecule has 1 spiro atoms. The van der Waals surface area contributed by atoms with Crippen molar-refractivity contribution in [1.29, 1.82) is 0 Å². The number of carbonyl (C=O) groups is 2. The predicted octanol–water partition coefficient (Wildman–Crippen LogP) is 4.43. The van der Waals surface area contributed by atoms with Crippen LogP contribution >= 0.6 is 0 Å². The van der Waals surface area contributed by atoms with Gasteiger partial charge in [0, 0.05) is 26.2 Å². The van der Waals surface area contributed by atoms with Gasteiger partial charge in [0.05, 0.1) is 0 Å². The summed E-state index contributed by atoms with van der Waals surface area (Å²) in [6.07, 6.45) is 9.09. The largest absolute Gasteiger partial charge is 0.340 e. The summed E-state index contributed by atoms with van der Waals surface area (Å²) in [6, 6.07) is 8.53. The number of piperazine rings is 1. The number of nitrogens with zero attached hydrogens (tertiary/aromatic N) is 2. The number of aryl methyl sites for hydroxylation is 1. The Morgan fingerprint density at radius 3 is 2.41 bits per heavy atom. The highest BCUT2D eigenvalue weighted by molar-refractivity contribution is 6.02. The second-order valence-electron chi connectivity index (χ2n) is 10.5. The number of amides is 2. The zero-order valence-electron chi connectivity index (χ0n) is 20.3. The van der Waals surface area contributed by atoms with Crippen LogP contribution in [0.3, 0.4) is 0 Å². The molecule has 5 heteroatoms. The minimum absolute atomic E-state index is 0.0943. The summed E-state index contributed by atoms with van der Waals surface area (Å²) in [5, 5.41) is 3.30. The first kappa shape index (κ1) is 23.3. The molecule has 2 heterocycles. The molecule has 1 N–H and O–H groups in total. The molecular weight excluding hydrogens is 398 g/mol. The maximum absolute atomic E-state index is 14.0. The van der Waals surface area contributed by atoms with Crippen molar-refractivity contribution < 1.29 is 9.59 Å². The van der Waals surface area contributed by atoms with E-state index < -0.39 is 11.1 Å². The highest BCUT2D eigenvalue weighted by Crippen LogP contribution is 2.41. The smallest absolute Gasteiger partial charge is 0.249 e. The van der Waals surface area contributed by atoms with Crippen molar-refractivity contribution in [2.24, 2.45) is 5.92 Å². The summed E-state index contributed by atoms with van der Waals surface area (Å²) in [5.74, 6) is 0.525. The van der Waals surface area contributed by atoms with Gasteiger partial charge in [0.1, 0.15) is 11.1 Å². The molecule has 2 saturated heterocycles. The number of rotatable bonds is 6. The normalized spacial score (nSPS) is 27.0. The van der Waals surface area contributed by atoms with E-state index in [-0.39, 0.29) is 17.7 Å². The van der Waals surface area contributed by atoms with E-state index in [1.54, 1.807) is 0 Å². The van der Waals surface area contributed by atoms with Gasteiger partial charge in [-0.15, -0.1) is 0 Å². The van der Waals surface area contributed by atoms with Crippen molar-refractivity contribution in [3.8, 4) is 0 Å². The van der Waals surface area contributed by atoms with Crippen LogP contribution in [0.2, 0.25) is 0 Å². The SMILES string of the molecule is CCCCN1C(=O)[C@](C)(C2CCCCC2)NC(=O)C12CCN(Cc1ccccc1C)CC2. The lowest BCUT2D eigenvalue weighted by Gasteiger charge is -2.56. The Hall–Kier alpha value is -1.88. The van der Waals surface area contributed by atoms with Gasteiger partial charge >= 0.3 is 0 Å². The molecule has 3 fully saturated rings. The molecule has 1 aromatic rings. The Bertz CT molecular complexity index is 824. The molecular formula is C27H41N3O2. The van der Waals surface area contributed by atoms with Gasteiger partial charge in [0.25, 0.3) is 0 Å². The monoisotopic (exact) mass is 439 g/mol. The molecule has 2 aliphatic heterocycles. The number of hydrogen-bond donors (Lipinski definition) is 1. The fourth-order valence-corrected chi connectivity index (χ4v) is 6.20. The molecule has 5 nitrogen and oxygen atoms in total. The minimum Gasteiger partial charge on any atom is -0.340 e. The molecule has 4 rings (SSSR count). The lowest BCUT2D eigenvalue weighted by atomic mass is 9.70. The van der Waals surface area contributed by atoms with Crippen LogP contribution in [0.1, 0.15) is 82.8 Å². The molecule has 0 bridgehead atoms. The van der Waals surface area contributed by atoms with Crippen molar-refractivity contribution in [1.82, 2.24) is 15.1 Å². The van der Waals surface area contributed by atoms with Gasteiger partial charge in [-0.3, -0.25) is 14.5 Å². The van der Waals surface area contributed by atoms with Gasteiger partial charge in [0.2, 0.25) is 11.8 Å². The second-order valence-corrected chi connectivity index (χ2v) is 10.5. The number of benzene rings is 1. The maximum atomic E-state index is 14.0. The lowest BCUT2D eigenvalue weighted by molar-refractivity contribution is -0.169. The van der Waals surface area contributed by atoms with Crippen molar-refractivity contribution in [2.45, 2.75) is 96.2 Å². The first-order valence-electron chi connectivity index (χ1n) is 12.8. The maximum Gasteiger partial charge on any atom is 0.249 e. The summed E-state index contributed by atoms with van der Waals surface area (Å²) in [6.45, 7) is 9.62. The molecule has 1 aromatic carbocycles. The van der Waals surface area contributed by atoms with E-state index >= 15 is 0 Å². The molecule has 1 atom stereocenters. The first-order chi connectivity index (χ1) is 15.4. The third-order valence-corrected chi connectivity index (χ3v) is 8.50. The van der Waals surface area contributed by atoms with E-state index in [2.05, 4.69) is 48.3 Å². The van der Waals surface area contributed by atoms with Crippen molar-refractivity contribution >= 4 is 11.8 Å². The zero-order valence-corrected chi connectivity index (χ0v) is 20.3. The number of hydrogen-bond acceptors (Lipinski definition) is 3. The summed E-state index contributed by atoms with van der Waals surface area (Å²) in [4.78, 5) is 32.2. The van der Waals surface area contributed by atoms with Crippen molar-refractivity contribution in [3.63, 3.8) is 0 Å². The zero-order chi connectivity index (χ0) is 22.8. The van der Waals surface area contributed by atoms with Crippen LogP contribution < -0.4 is 5.32 Å². The van der Waals surface area contributed by atoms with Crippen LogP contribution in [0, 0.1) is 12.8 Å². The Labute approximate surface area is 193 Å². The van der Waals surface area contributed by atoms with E-state index in [1.165, 1.54) is 17.5 Å². The van der Waals surface area contributed by atoms with Gasteiger partial charge in [-0.1, -0.05) is 56.9 Å². The van der Waals surface area contributed by atoms with Crippen LogP contribution in [0.25, 0.3) is 0 Å². The van der Waals surface area contributed by atoms with Crippen LogP contribution in [0.15, 0.2) is 24.3 Å². The first-order valence-corrected chi connectivity index (χ1v) is 12.8. The molecule has 2 amide bonds. The molecule has 1 saturated carbocycles. The molecule has 1 aliphatic carbocycles. The number of nitrogens with one attached hydrogen (secondary N) is 1. The van der Waals surface area contributed by atoms with Gasteiger partial charge in [-0.25, -0.2) is 0 Å². The second kappa shape index (κ2) is 9.54. The average molecular weight is 440 g/mol. The van der Waals surface area contributed by atoms with Crippen LogP contribution in [0.5, 0.6) is 0 Å². The highest BCUT2D eigenvalue weighted by Gasteiger charge is 2.59. The van der Waals surface area contributed by atoms with Gasteiger partial charge < -0.3 is 10.2 Å². The van der Waals surface area contributed by atoms with Gasteiger partial charge in [-0.2, -0.15) is 0 Å². The van der Waals surface area contributed by atoms with Gasteiger partial charge in [-0.05, 0) is 63.0 Å². The van der Waals surface area contributed by atoms with Crippen LogP contribution in [-0.2, 0) is 16.1 Å². The molecule has 32 heavy (non-hydrogen) atoms. The topological polar surface area (TPSA) is 52.7 Å². The molecule has 3 aliphatic rings. The third kappa shape index (κ3) is 4.21. The fraction of sp³-hybridized carbons (Fsp3) is 0.704. The predicted molar refractivity (Wildman–Crippen MR) is 128 cm³/mol. The van der Waals surface area contributed by atoms with E-state index in [9.17, 15) is 9.59 Å². The molecule has 176 valence electrons. The number of likely N-dealkylation sites (tertiary alicyclic amines) is 1.